The molecule has 2 aromatic rings. The average Bonchev–Trinajstić information content (AvgIpc) is 2.92. The van der Waals surface area contributed by atoms with Crippen LogP contribution in [-0.2, 0) is 13.6 Å². The lowest BCUT2D eigenvalue weighted by atomic mass is 10.1. The lowest BCUT2D eigenvalue weighted by Crippen LogP contribution is -2.38. The van der Waals surface area contributed by atoms with Gasteiger partial charge in [-0.05, 0) is 13.0 Å². The summed E-state index contributed by atoms with van der Waals surface area (Å²) < 4.78 is 28.9. The summed E-state index contributed by atoms with van der Waals surface area (Å²) in [5.41, 5.74) is 1.35. The normalized spacial score (nSPS) is 12.3. The number of benzene rings is 1. The second-order valence-electron chi connectivity index (χ2n) is 5.96. The van der Waals surface area contributed by atoms with Crippen molar-refractivity contribution in [1.82, 2.24) is 20.2 Å². The number of nitrogens with one attached hydrogen (secondary N) is 2. The molecule has 144 valence electrons. The van der Waals surface area contributed by atoms with Crippen LogP contribution < -0.4 is 15.5 Å². The van der Waals surface area contributed by atoms with E-state index in [2.05, 4.69) is 20.6 Å². The van der Waals surface area contributed by atoms with Crippen molar-refractivity contribution in [2.75, 3.05) is 26.0 Å². The van der Waals surface area contributed by atoms with Gasteiger partial charge in [0, 0.05) is 39.8 Å². The van der Waals surface area contributed by atoms with Gasteiger partial charge in [0.05, 0.1) is 24.5 Å². The molecule has 0 saturated carbocycles. The first-order valence-corrected chi connectivity index (χ1v) is 7.93. The average molecular weight is 478 g/mol. The second-order valence-corrected chi connectivity index (χ2v) is 5.96. The van der Waals surface area contributed by atoms with Gasteiger partial charge in [-0.1, -0.05) is 6.07 Å². The van der Waals surface area contributed by atoms with E-state index in [9.17, 15) is 8.78 Å². The van der Waals surface area contributed by atoms with Crippen LogP contribution in [0.1, 0.15) is 24.2 Å². The molecular weight excluding hydrogens is 453 g/mol. The van der Waals surface area contributed by atoms with Crippen molar-refractivity contribution >= 4 is 35.9 Å². The third-order valence-corrected chi connectivity index (χ3v) is 3.90. The number of nitrogens with zero attached hydrogens (tertiary/aromatic N) is 4. The number of aliphatic imine (C=N–C) groups is 1. The summed E-state index contributed by atoms with van der Waals surface area (Å²) in [6, 6.07) is 3.18. The zero-order valence-corrected chi connectivity index (χ0v) is 17.9. The van der Waals surface area contributed by atoms with Crippen molar-refractivity contribution < 1.29 is 8.78 Å². The summed E-state index contributed by atoms with van der Waals surface area (Å²) >= 11 is 0. The maximum absolute atomic E-state index is 13.9. The highest BCUT2D eigenvalue weighted by Crippen LogP contribution is 2.17. The van der Waals surface area contributed by atoms with Crippen molar-refractivity contribution in [1.29, 1.82) is 0 Å². The van der Waals surface area contributed by atoms with Crippen molar-refractivity contribution in [3.05, 3.63) is 47.3 Å². The zero-order chi connectivity index (χ0) is 18.6. The van der Waals surface area contributed by atoms with E-state index in [0.29, 0.717) is 18.1 Å². The minimum Gasteiger partial charge on any atom is -0.351 e. The number of imidazole rings is 1. The van der Waals surface area contributed by atoms with Crippen LogP contribution in [0, 0.1) is 11.6 Å². The van der Waals surface area contributed by atoms with Crippen LogP contribution in [0.3, 0.4) is 0 Å². The molecule has 9 heteroatoms. The molecule has 0 saturated heterocycles. The summed E-state index contributed by atoms with van der Waals surface area (Å²) in [6.45, 7) is 2.30. The predicted octanol–water partition coefficient (Wildman–Crippen LogP) is 2.81. The summed E-state index contributed by atoms with van der Waals surface area (Å²) in [7, 11) is 7.43. The molecule has 1 atom stereocenters. The molecule has 6 nitrogen and oxygen atoms in total. The first-order valence-electron chi connectivity index (χ1n) is 7.93. The number of halogens is 3. The minimum absolute atomic E-state index is 0. The topological polar surface area (TPSA) is 57.5 Å². The highest BCUT2D eigenvalue weighted by Gasteiger charge is 2.14. The lowest BCUT2D eigenvalue weighted by Gasteiger charge is -2.19. The number of hydrogen-bond donors (Lipinski definition) is 2. The Labute approximate surface area is 169 Å². The standard InChI is InChI=1S/C17H24F2N6.HI/c1-11(14-7-6-12(18)8-15(14)19)23-16(20-2)21-9-13-10-22-17(24(3)4)25(13)5;/h6-8,10-11H,9H2,1-5H3,(H2,20,21,23);1H. The van der Waals surface area contributed by atoms with Gasteiger partial charge in [-0.15, -0.1) is 24.0 Å². The molecule has 26 heavy (non-hydrogen) atoms. The van der Waals surface area contributed by atoms with E-state index in [4.69, 9.17) is 0 Å². The minimum atomic E-state index is -0.594. The fourth-order valence-corrected chi connectivity index (χ4v) is 2.52. The van der Waals surface area contributed by atoms with Crippen molar-refractivity contribution in [2.24, 2.45) is 12.0 Å². The molecule has 0 aliphatic heterocycles. The van der Waals surface area contributed by atoms with Gasteiger partial charge in [0.15, 0.2) is 5.96 Å². The highest BCUT2D eigenvalue weighted by molar-refractivity contribution is 14.0. The summed E-state index contributed by atoms with van der Waals surface area (Å²) in [6.07, 6.45) is 1.79. The molecule has 2 N–H and O–H groups in total. The monoisotopic (exact) mass is 478 g/mol. The zero-order valence-electron chi connectivity index (χ0n) is 15.5. The Hall–Kier alpha value is -1.91. The van der Waals surface area contributed by atoms with Crippen molar-refractivity contribution in [3.8, 4) is 0 Å². The van der Waals surface area contributed by atoms with Crippen LogP contribution in [0.5, 0.6) is 0 Å². The lowest BCUT2D eigenvalue weighted by molar-refractivity contribution is 0.550. The SMILES string of the molecule is CN=C(NCc1cnc(N(C)C)n1C)NC(C)c1ccc(F)cc1F.I. The van der Waals surface area contributed by atoms with E-state index in [0.717, 1.165) is 17.7 Å². The van der Waals surface area contributed by atoms with Gasteiger partial charge in [-0.3, -0.25) is 4.99 Å². The molecule has 2 rings (SSSR count). The number of anilines is 1. The number of rotatable bonds is 5. The van der Waals surface area contributed by atoms with Crippen LogP contribution in [0.2, 0.25) is 0 Å². The van der Waals surface area contributed by atoms with Gasteiger partial charge in [0.25, 0.3) is 0 Å². The molecule has 0 fully saturated rings. The van der Waals surface area contributed by atoms with Gasteiger partial charge in [0.1, 0.15) is 11.6 Å². The molecule has 1 aromatic heterocycles. The quantitative estimate of drug-likeness (QED) is 0.395. The maximum atomic E-state index is 13.9. The molecule has 0 aliphatic carbocycles. The van der Waals surface area contributed by atoms with E-state index >= 15 is 0 Å². The largest absolute Gasteiger partial charge is 0.351 e. The maximum Gasteiger partial charge on any atom is 0.204 e. The first kappa shape index (κ1) is 22.1. The van der Waals surface area contributed by atoms with Gasteiger partial charge in [-0.25, -0.2) is 13.8 Å². The van der Waals surface area contributed by atoms with E-state index in [-0.39, 0.29) is 30.0 Å². The van der Waals surface area contributed by atoms with Crippen LogP contribution in [-0.4, -0.2) is 36.7 Å². The third-order valence-electron chi connectivity index (χ3n) is 3.90. The molecule has 1 unspecified atom stereocenters. The number of aromatic nitrogens is 2. The smallest absolute Gasteiger partial charge is 0.204 e. The van der Waals surface area contributed by atoms with Crippen LogP contribution in [0.15, 0.2) is 29.4 Å². The van der Waals surface area contributed by atoms with E-state index < -0.39 is 11.6 Å². The van der Waals surface area contributed by atoms with Gasteiger partial charge in [-0.2, -0.15) is 0 Å². The Balaban J connectivity index is 0.00000338. The molecular formula is C17H25F2IN6. The van der Waals surface area contributed by atoms with Gasteiger partial charge < -0.3 is 20.1 Å². The Morgan fingerprint density at radius 2 is 2.04 bits per heavy atom. The Bertz CT molecular complexity index is 760. The van der Waals surface area contributed by atoms with Crippen LogP contribution in [0.25, 0.3) is 0 Å². The summed E-state index contributed by atoms with van der Waals surface area (Å²) in [5, 5.41) is 6.27. The Morgan fingerprint density at radius 1 is 1.35 bits per heavy atom. The fourth-order valence-electron chi connectivity index (χ4n) is 2.52. The Kier molecular flexibility index (Phi) is 8.25. The van der Waals surface area contributed by atoms with Crippen LogP contribution >= 0.6 is 24.0 Å². The summed E-state index contributed by atoms with van der Waals surface area (Å²) in [4.78, 5) is 10.4. The molecule has 0 spiro atoms. The number of guanidine groups is 1. The van der Waals surface area contributed by atoms with E-state index in [1.165, 1.54) is 12.1 Å². The molecule has 0 aliphatic rings. The third kappa shape index (κ3) is 5.29. The molecule has 0 bridgehead atoms. The van der Waals surface area contributed by atoms with Crippen LogP contribution in [0.4, 0.5) is 14.7 Å². The fraction of sp³-hybridized carbons (Fsp3) is 0.412. The summed E-state index contributed by atoms with van der Waals surface area (Å²) in [5.74, 6) is 0.187. The van der Waals surface area contributed by atoms with Gasteiger partial charge >= 0.3 is 0 Å². The molecule has 0 radical (unpaired) electrons. The molecule has 1 heterocycles. The van der Waals surface area contributed by atoms with Crippen molar-refractivity contribution in [3.63, 3.8) is 0 Å². The predicted molar refractivity (Wildman–Crippen MR) is 111 cm³/mol. The molecule has 0 amide bonds. The molecule has 1 aromatic carbocycles. The van der Waals surface area contributed by atoms with E-state index in [1.807, 2.05) is 30.6 Å². The number of hydrogen-bond acceptors (Lipinski definition) is 3. The van der Waals surface area contributed by atoms with Crippen molar-refractivity contribution in [2.45, 2.75) is 19.5 Å². The van der Waals surface area contributed by atoms with Gasteiger partial charge in [0.2, 0.25) is 5.95 Å². The highest BCUT2D eigenvalue weighted by atomic mass is 127. The van der Waals surface area contributed by atoms with E-state index in [1.54, 1.807) is 20.2 Å². The first-order chi connectivity index (χ1) is 11.8. The second kappa shape index (κ2) is 9.70. The Morgan fingerprint density at radius 3 is 2.58 bits per heavy atom.